The summed E-state index contributed by atoms with van der Waals surface area (Å²) >= 11 is 0. The molecule has 0 spiro atoms. The van der Waals surface area contributed by atoms with Crippen LogP contribution in [-0.2, 0) is 4.79 Å². The standard InChI is InChI=1S/C16H30N2O2/c1-3-7-16(20,8-4-2)13-15(19)18-11-9-17(10-12-18)14-5-6-14/h14,20H,3-13H2,1-2H3. The summed E-state index contributed by atoms with van der Waals surface area (Å²) in [5.41, 5.74) is -0.784. The Balaban J connectivity index is 1.81. The van der Waals surface area contributed by atoms with E-state index in [4.69, 9.17) is 0 Å². The first kappa shape index (κ1) is 15.8. The Bertz CT molecular complexity index is 314. The van der Waals surface area contributed by atoms with Crippen LogP contribution in [0.25, 0.3) is 0 Å². The second-order valence-electron chi connectivity index (χ2n) is 6.55. The molecule has 0 aromatic carbocycles. The van der Waals surface area contributed by atoms with E-state index in [9.17, 15) is 9.90 Å². The maximum Gasteiger partial charge on any atom is 0.225 e. The van der Waals surface area contributed by atoms with Crippen LogP contribution >= 0.6 is 0 Å². The van der Waals surface area contributed by atoms with Crippen molar-refractivity contribution >= 4 is 5.91 Å². The van der Waals surface area contributed by atoms with Gasteiger partial charge in [-0.1, -0.05) is 26.7 Å². The Morgan fingerprint density at radius 2 is 1.65 bits per heavy atom. The first-order valence-corrected chi connectivity index (χ1v) is 8.32. The summed E-state index contributed by atoms with van der Waals surface area (Å²) < 4.78 is 0. The van der Waals surface area contributed by atoms with Crippen molar-refractivity contribution in [2.24, 2.45) is 0 Å². The van der Waals surface area contributed by atoms with Crippen LogP contribution in [0, 0.1) is 0 Å². The molecular formula is C16H30N2O2. The highest BCUT2D eigenvalue weighted by atomic mass is 16.3. The highest BCUT2D eigenvalue weighted by Gasteiger charge is 2.34. The molecule has 1 amide bonds. The van der Waals surface area contributed by atoms with Gasteiger partial charge in [-0.15, -0.1) is 0 Å². The monoisotopic (exact) mass is 282 g/mol. The molecule has 2 aliphatic rings. The normalized spacial score (nSPS) is 21.2. The lowest BCUT2D eigenvalue weighted by molar-refractivity contribution is -0.139. The van der Waals surface area contributed by atoms with Gasteiger partial charge in [0.25, 0.3) is 0 Å². The van der Waals surface area contributed by atoms with Crippen molar-refractivity contribution in [2.45, 2.75) is 70.4 Å². The van der Waals surface area contributed by atoms with Gasteiger partial charge in [0.1, 0.15) is 0 Å². The van der Waals surface area contributed by atoms with Gasteiger partial charge in [0.05, 0.1) is 12.0 Å². The molecule has 1 saturated carbocycles. The summed E-state index contributed by atoms with van der Waals surface area (Å²) in [6.45, 7) is 7.83. The molecule has 0 aromatic heterocycles. The number of carbonyl (C=O) groups excluding carboxylic acids is 1. The Morgan fingerprint density at radius 1 is 1.10 bits per heavy atom. The van der Waals surface area contributed by atoms with Crippen molar-refractivity contribution in [3.63, 3.8) is 0 Å². The number of nitrogens with zero attached hydrogens (tertiary/aromatic N) is 2. The zero-order valence-electron chi connectivity index (χ0n) is 13.1. The maximum atomic E-state index is 12.4. The van der Waals surface area contributed by atoms with Crippen molar-refractivity contribution < 1.29 is 9.90 Å². The molecule has 0 atom stereocenters. The van der Waals surface area contributed by atoms with Crippen LogP contribution in [0.4, 0.5) is 0 Å². The van der Waals surface area contributed by atoms with Gasteiger partial charge in [-0.05, 0) is 25.7 Å². The molecule has 2 rings (SSSR count). The van der Waals surface area contributed by atoms with Crippen molar-refractivity contribution in [3.05, 3.63) is 0 Å². The summed E-state index contributed by atoms with van der Waals surface area (Å²) in [5.74, 6) is 0.143. The minimum atomic E-state index is -0.784. The van der Waals surface area contributed by atoms with Crippen molar-refractivity contribution in [3.8, 4) is 0 Å². The van der Waals surface area contributed by atoms with Crippen molar-refractivity contribution in [2.75, 3.05) is 26.2 Å². The molecular weight excluding hydrogens is 252 g/mol. The topological polar surface area (TPSA) is 43.8 Å². The summed E-state index contributed by atoms with van der Waals surface area (Å²) in [7, 11) is 0. The molecule has 2 fully saturated rings. The second-order valence-corrected chi connectivity index (χ2v) is 6.55. The van der Waals surface area contributed by atoms with Crippen LogP contribution in [-0.4, -0.2) is 58.6 Å². The first-order chi connectivity index (χ1) is 9.58. The molecule has 0 bridgehead atoms. The van der Waals surface area contributed by atoms with E-state index in [-0.39, 0.29) is 5.91 Å². The third-order valence-electron chi connectivity index (χ3n) is 4.64. The molecule has 116 valence electrons. The van der Waals surface area contributed by atoms with Gasteiger partial charge < -0.3 is 10.0 Å². The Kier molecular flexibility index (Phi) is 5.44. The fourth-order valence-corrected chi connectivity index (χ4v) is 3.40. The zero-order chi connectivity index (χ0) is 14.6. The lowest BCUT2D eigenvalue weighted by Gasteiger charge is -2.37. The SMILES string of the molecule is CCCC(O)(CCC)CC(=O)N1CCN(C2CC2)CC1. The van der Waals surface area contributed by atoms with E-state index in [1.165, 1.54) is 12.8 Å². The predicted octanol–water partition coefficient (Wildman–Crippen LogP) is 2.01. The Labute approximate surface area is 123 Å². The molecule has 0 aromatic rings. The van der Waals surface area contributed by atoms with Gasteiger partial charge in [0.15, 0.2) is 0 Å². The molecule has 4 heteroatoms. The van der Waals surface area contributed by atoms with Crippen LogP contribution in [0.15, 0.2) is 0 Å². The quantitative estimate of drug-likeness (QED) is 0.777. The highest BCUT2D eigenvalue weighted by Crippen LogP contribution is 2.28. The third-order valence-corrected chi connectivity index (χ3v) is 4.64. The van der Waals surface area contributed by atoms with Crippen LogP contribution in [0.5, 0.6) is 0 Å². The summed E-state index contributed by atoms with van der Waals surface area (Å²) in [4.78, 5) is 16.9. The summed E-state index contributed by atoms with van der Waals surface area (Å²) in [6, 6.07) is 0.796. The third kappa shape index (κ3) is 4.19. The molecule has 0 radical (unpaired) electrons. The van der Waals surface area contributed by atoms with Gasteiger partial charge in [0.2, 0.25) is 5.91 Å². The van der Waals surface area contributed by atoms with Gasteiger partial charge in [-0.2, -0.15) is 0 Å². The van der Waals surface area contributed by atoms with Crippen molar-refractivity contribution in [1.82, 2.24) is 9.80 Å². The molecule has 1 saturated heterocycles. The fraction of sp³-hybridized carbons (Fsp3) is 0.938. The lowest BCUT2D eigenvalue weighted by Crippen LogP contribution is -2.50. The fourth-order valence-electron chi connectivity index (χ4n) is 3.40. The minimum Gasteiger partial charge on any atom is -0.389 e. The molecule has 1 N–H and O–H groups in total. The number of piperazine rings is 1. The summed E-state index contributed by atoms with van der Waals surface area (Å²) in [6.07, 6.45) is 6.29. The Hall–Kier alpha value is -0.610. The van der Waals surface area contributed by atoms with Gasteiger partial charge in [0, 0.05) is 32.2 Å². The maximum absolute atomic E-state index is 12.4. The average Bonchev–Trinajstić information content (AvgIpc) is 3.23. The number of amides is 1. The second kappa shape index (κ2) is 6.90. The number of hydrogen-bond acceptors (Lipinski definition) is 3. The minimum absolute atomic E-state index is 0.143. The van der Waals surface area contributed by atoms with Gasteiger partial charge in [-0.3, -0.25) is 9.69 Å². The van der Waals surface area contributed by atoms with E-state index >= 15 is 0 Å². The smallest absolute Gasteiger partial charge is 0.225 e. The largest absolute Gasteiger partial charge is 0.389 e. The highest BCUT2D eigenvalue weighted by molar-refractivity contribution is 5.77. The lowest BCUT2D eigenvalue weighted by atomic mass is 9.88. The molecule has 4 nitrogen and oxygen atoms in total. The number of rotatable bonds is 7. The Morgan fingerprint density at radius 3 is 2.10 bits per heavy atom. The van der Waals surface area contributed by atoms with Crippen molar-refractivity contribution in [1.29, 1.82) is 0 Å². The van der Waals surface area contributed by atoms with Crippen LogP contribution in [0.1, 0.15) is 58.8 Å². The van der Waals surface area contributed by atoms with E-state index in [0.29, 0.717) is 6.42 Å². The molecule has 1 aliphatic heterocycles. The van der Waals surface area contributed by atoms with Crippen LogP contribution in [0.3, 0.4) is 0 Å². The number of aliphatic hydroxyl groups is 1. The number of hydrogen-bond donors (Lipinski definition) is 1. The first-order valence-electron chi connectivity index (χ1n) is 8.32. The van der Waals surface area contributed by atoms with Gasteiger partial charge in [-0.25, -0.2) is 0 Å². The van der Waals surface area contributed by atoms with E-state index in [0.717, 1.165) is 57.9 Å². The van der Waals surface area contributed by atoms with E-state index in [2.05, 4.69) is 18.7 Å². The van der Waals surface area contributed by atoms with E-state index < -0.39 is 5.60 Å². The summed E-state index contributed by atoms with van der Waals surface area (Å²) in [5, 5.41) is 10.6. The average molecular weight is 282 g/mol. The number of carbonyl (C=O) groups is 1. The van der Waals surface area contributed by atoms with Gasteiger partial charge >= 0.3 is 0 Å². The van der Waals surface area contributed by atoms with E-state index in [1.807, 2.05) is 4.90 Å². The zero-order valence-corrected chi connectivity index (χ0v) is 13.1. The predicted molar refractivity (Wildman–Crippen MR) is 80.6 cm³/mol. The van der Waals surface area contributed by atoms with Crippen LogP contribution in [0.2, 0.25) is 0 Å². The molecule has 1 aliphatic carbocycles. The molecule has 0 unspecified atom stereocenters. The molecule has 20 heavy (non-hydrogen) atoms. The van der Waals surface area contributed by atoms with Crippen LogP contribution < -0.4 is 0 Å². The molecule has 1 heterocycles. The van der Waals surface area contributed by atoms with E-state index in [1.54, 1.807) is 0 Å².